The molecule has 0 saturated heterocycles. The number of carbonyl (C=O) groups is 2. The molecule has 5 nitrogen and oxygen atoms in total. The van der Waals surface area contributed by atoms with Crippen molar-refractivity contribution < 1.29 is 14.3 Å². The molecule has 1 saturated carbocycles. The van der Waals surface area contributed by atoms with Gasteiger partial charge in [0.2, 0.25) is 5.91 Å². The topological polar surface area (TPSA) is 58.6 Å². The number of rotatable bonds is 4. The third kappa shape index (κ3) is 3.42. The molecular formula is C22H24N2O3. The third-order valence-corrected chi connectivity index (χ3v) is 5.56. The Hall–Kier alpha value is -2.82. The van der Waals surface area contributed by atoms with Crippen LogP contribution in [0, 0.1) is 5.92 Å². The lowest BCUT2D eigenvalue weighted by Crippen LogP contribution is -2.33. The minimum atomic E-state index is -0.223. The van der Waals surface area contributed by atoms with E-state index in [1.165, 1.54) is 0 Å². The molecule has 1 aliphatic carbocycles. The maximum absolute atomic E-state index is 12.9. The number of fused-ring (bicyclic) bond motifs is 1. The smallest absolute Gasteiger partial charge is 0.259 e. The van der Waals surface area contributed by atoms with E-state index >= 15 is 0 Å². The van der Waals surface area contributed by atoms with Crippen LogP contribution in [0.25, 0.3) is 0 Å². The fourth-order valence-electron chi connectivity index (χ4n) is 4.11. The lowest BCUT2D eigenvalue weighted by atomic mass is 10.1. The predicted molar refractivity (Wildman–Crippen MR) is 105 cm³/mol. The zero-order valence-corrected chi connectivity index (χ0v) is 15.5. The van der Waals surface area contributed by atoms with Gasteiger partial charge in [0, 0.05) is 23.8 Å². The lowest BCUT2D eigenvalue weighted by Gasteiger charge is -2.21. The van der Waals surface area contributed by atoms with E-state index < -0.39 is 0 Å². The number of methoxy groups -OCH3 is 1. The molecule has 140 valence electrons. The molecule has 0 radical (unpaired) electrons. The molecule has 1 heterocycles. The summed E-state index contributed by atoms with van der Waals surface area (Å²) in [7, 11) is 1.55. The predicted octanol–water partition coefficient (Wildman–Crippen LogP) is 4.03. The number of carbonyl (C=O) groups excluding carboxylic acids is 2. The highest BCUT2D eigenvalue weighted by Gasteiger charge is 2.32. The first-order valence-corrected chi connectivity index (χ1v) is 9.56. The summed E-state index contributed by atoms with van der Waals surface area (Å²) in [5.41, 5.74) is 3.27. The highest BCUT2D eigenvalue weighted by atomic mass is 16.5. The number of hydrogen-bond donors (Lipinski definition) is 1. The van der Waals surface area contributed by atoms with E-state index in [1.54, 1.807) is 19.2 Å². The van der Waals surface area contributed by atoms with E-state index in [-0.39, 0.29) is 17.7 Å². The van der Waals surface area contributed by atoms with Crippen LogP contribution < -0.4 is 15.0 Å². The van der Waals surface area contributed by atoms with E-state index in [0.29, 0.717) is 17.0 Å². The van der Waals surface area contributed by atoms with Gasteiger partial charge in [-0.3, -0.25) is 9.59 Å². The number of hydrogen-bond acceptors (Lipinski definition) is 3. The molecule has 2 aromatic carbocycles. The van der Waals surface area contributed by atoms with Gasteiger partial charge in [0.15, 0.2) is 0 Å². The summed E-state index contributed by atoms with van der Waals surface area (Å²) >= 11 is 0. The fourth-order valence-corrected chi connectivity index (χ4v) is 4.11. The minimum absolute atomic E-state index is 0.155. The fraction of sp³-hybridized carbons (Fsp3) is 0.364. The molecule has 4 rings (SSSR count). The van der Waals surface area contributed by atoms with Crippen molar-refractivity contribution in [3.05, 3.63) is 53.6 Å². The van der Waals surface area contributed by atoms with Crippen molar-refractivity contribution >= 4 is 23.2 Å². The first-order valence-electron chi connectivity index (χ1n) is 9.56. The Morgan fingerprint density at radius 2 is 1.89 bits per heavy atom. The van der Waals surface area contributed by atoms with E-state index in [0.717, 1.165) is 49.9 Å². The molecule has 0 atom stereocenters. The van der Waals surface area contributed by atoms with Gasteiger partial charge < -0.3 is 15.0 Å². The van der Waals surface area contributed by atoms with Crippen molar-refractivity contribution in [2.75, 3.05) is 23.9 Å². The van der Waals surface area contributed by atoms with Gasteiger partial charge in [0.05, 0.1) is 12.7 Å². The molecule has 5 heteroatoms. The van der Waals surface area contributed by atoms with Crippen LogP contribution in [0.15, 0.2) is 42.5 Å². The van der Waals surface area contributed by atoms with Crippen LogP contribution in [0.2, 0.25) is 0 Å². The average molecular weight is 364 g/mol. The third-order valence-electron chi connectivity index (χ3n) is 5.56. The molecule has 2 aromatic rings. The van der Waals surface area contributed by atoms with Crippen LogP contribution in [0.4, 0.5) is 11.4 Å². The zero-order valence-electron chi connectivity index (χ0n) is 15.5. The van der Waals surface area contributed by atoms with Crippen molar-refractivity contribution in [1.82, 2.24) is 0 Å². The number of benzene rings is 2. The summed E-state index contributed by atoms with van der Waals surface area (Å²) in [6.45, 7) is 0.731. The Kier molecular flexibility index (Phi) is 4.84. The Labute approximate surface area is 159 Å². The number of anilines is 2. The number of nitrogens with one attached hydrogen (secondary N) is 1. The standard InChI is InChI=1S/C22H24N2O3/c1-27-20-9-5-4-8-18(20)21(25)23-17-11-10-15-12-13-24(19(15)14-17)22(26)16-6-2-3-7-16/h4-5,8-11,14,16H,2-3,6-7,12-13H2,1H3,(H,23,25). The second kappa shape index (κ2) is 7.43. The highest BCUT2D eigenvalue weighted by Crippen LogP contribution is 2.35. The minimum Gasteiger partial charge on any atom is -0.496 e. The molecule has 1 fully saturated rings. The van der Waals surface area contributed by atoms with Crippen molar-refractivity contribution in [3.63, 3.8) is 0 Å². The van der Waals surface area contributed by atoms with Crippen LogP contribution in [0.1, 0.15) is 41.6 Å². The highest BCUT2D eigenvalue weighted by molar-refractivity contribution is 6.07. The van der Waals surface area contributed by atoms with E-state index in [9.17, 15) is 9.59 Å². The molecule has 1 N–H and O–H groups in total. The average Bonchev–Trinajstić information content (AvgIpc) is 3.37. The van der Waals surface area contributed by atoms with E-state index in [1.807, 2.05) is 35.2 Å². The van der Waals surface area contributed by atoms with Crippen molar-refractivity contribution in [3.8, 4) is 5.75 Å². The monoisotopic (exact) mass is 364 g/mol. The summed E-state index contributed by atoms with van der Waals surface area (Å²) in [5, 5.41) is 2.93. The Balaban J connectivity index is 1.55. The molecule has 0 bridgehead atoms. The first kappa shape index (κ1) is 17.6. The quantitative estimate of drug-likeness (QED) is 0.891. The molecule has 0 aromatic heterocycles. The van der Waals surface area contributed by atoms with Gasteiger partial charge in [0.25, 0.3) is 5.91 Å². The Morgan fingerprint density at radius 1 is 1.11 bits per heavy atom. The maximum atomic E-state index is 12.9. The zero-order chi connectivity index (χ0) is 18.8. The second-order valence-electron chi connectivity index (χ2n) is 7.22. The van der Waals surface area contributed by atoms with Crippen LogP contribution in [0.3, 0.4) is 0 Å². The number of ether oxygens (including phenoxy) is 1. The van der Waals surface area contributed by atoms with E-state index in [2.05, 4.69) is 5.32 Å². The van der Waals surface area contributed by atoms with E-state index in [4.69, 9.17) is 4.74 Å². The van der Waals surface area contributed by atoms with Gasteiger partial charge >= 0.3 is 0 Å². The van der Waals surface area contributed by atoms with Crippen molar-refractivity contribution in [2.24, 2.45) is 5.92 Å². The number of para-hydroxylation sites is 1. The molecule has 27 heavy (non-hydrogen) atoms. The van der Waals surface area contributed by atoms with Crippen LogP contribution in [-0.4, -0.2) is 25.5 Å². The lowest BCUT2D eigenvalue weighted by molar-refractivity contribution is -0.122. The van der Waals surface area contributed by atoms with Crippen LogP contribution >= 0.6 is 0 Å². The molecule has 1 aliphatic heterocycles. The Morgan fingerprint density at radius 3 is 2.67 bits per heavy atom. The molecule has 0 unspecified atom stereocenters. The maximum Gasteiger partial charge on any atom is 0.259 e. The summed E-state index contributed by atoms with van der Waals surface area (Å²) in [5.74, 6) is 0.704. The summed E-state index contributed by atoms with van der Waals surface area (Å²) in [6, 6.07) is 13.0. The van der Waals surface area contributed by atoms with Gasteiger partial charge in [-0.05, 0) is 49.1 Å². The van der Waals surface area contributed by atoms with Crippen LogP contribution in [-0.2, 0) is 11.2 Å². The molecular weight excluding hydrogens is 340 g/mol. The van der Waals surface area contributed by atoms with Crippen molar-refractivity contribution in [1.29, 1.82) is 0 Å². The first-order chi connectivity index (χ1) is 13.2. The second-order valence-corrected chi connectivity index (χ2v) is 7.22. The van der Waals surface area contributed by atoms with Gasteiger partial charge in [-0.15, -0.1) is 0 Å². The van der Waals surface area contributed by atoms with Gasteiger partial charge in [-0.1, -0.05) is 31.0 Å². The van der Waals surface area contributed by atoms with Crippen LogP contribution in [0.5, 0.6) is 5.75 Å². The van der Waals surface area contributed by atoms with Gasteiger partial charge in [0.1, 0.15) is 5.75 Å². The van der Waals surface area contributed by atoms with Gasteiger partial charge in [-0.2, -0.15) is 0 Å². The van der Waals surface area contributed by atoms with Crippen molar-refractivity contribution in [2.45, 2.75) is 32.1 Å². The molecule has 2 amide bonds. The number of amides is 2. The summed E-state index contributed by atoms with van der Waals surface area (Å²) in [6.07, 6.45) is 5.15. The SMILES string of the molecule is COc1ccccc1C(=O)Nc1ccc2c(c1)N(C(=O)C1CCCC1)CC2. The Bertz CT molecular complexity index is 872. The normalized spacial score (nSPS) is 16.3. The molecule has 2 aliphatic rings. The summed E-state index contributed by atoms with van der Waals surface area (Å²) in [4.78, 5) is 27.4. The summed E-state index contributed by atoms with van der Waals surface area (Å²) < 4.78 is 5.27. The molecule has 0 spiro atoms. The number of nitrogens with zero attached hydrogens (tertiary/aromatic N) is 1. The largest absolute Gasteiger partial charge is 0.496 e. The van der Waals surface area contributed by atoms with Gasteiger partial charge in [-0.25, -0.2) is 0 Å².